The van der Waals surface area contributed by atoms with Crippen LogP contribution >= 0.6 is 0 Å². The maximum absolute atomic E-state index is 11.5. The third kappa shape index (κ3) is 9.00. The monoisotopic (exact) mass is 271 g/mol. The lowest BCUT2D eigenvalue weighted by atomic mass is 10.0. The molecule has 0 saturated carbocycles. The molecule has 1 atom stereocenters. The number of hydrogen-bond acceptors (Lipinski definition) is 4. The minimum atomic E-state index is -0.0682. The van der Waals surface area contributed by atoms with Crippen LogP contribution in [-0.4, -0.2) is 25.4 Å². The Hall–Kier alpha value is -0.610. The molecule has 1 saturated heterocycles. The molecule has 0 amide bonds. The van der Waals surface area contributed by atoms with E-state index < -0.39 is 0 Å². The molecule has 2 N–H and O–H groups in total. The molecule has 0 aromatic carbocycles. The van der Waals surface area contributed by atoms with Crippen LogP contribution in [0, 0.1) is 0 Å². The zero-order valence-corrected chi connectivity index (χ0v) is 12.1. The number of carbonyl (C=O) groups is 1. The van der Waals surface area contributed by atoms with Gasteiger partial charge < -0.3 is 15.2 Å². The Morgan fingerprint density at radius 3 is 2.32 bits per heavy atom. The molecule has 0 unspecified atom stereocenters. The summed E-state index contributed by atoms with van der Waals surface area (Å²) in [6.45, 7) is 0.710. The molecule has 1 heterocycles. The van der Waals surface area contributed by atoms with E-state index in [2.05, 4.69) is 0 Å². The Balaban J connectivity index is 2.31. The summed E-state index contributed by atoms with van der Waals surface area (Å²) in [4.78, 5) is 11.5. The second-order valence-corrected chi connectivity index (χ2v) is 5.33. The highest BCUT2D eigenvalue weighted by Gasteiger charge is 2.10. The SMILES string of the molecule is NCO[C@@H]1CCCCCCCCCCC(=O)OCC1. The average Bonchev–Trinajstić information content (AvgIpc) is 2.40. The lowest BCUT2D eigenvalue weighted by Gasteiger charge is -2.16. The lowest BCUT2D eigenvalue weighted by molar-refractivity contribution is -0.144. The van der Waals surface area contributed by atoms with Gasteiger partial charge in [0.1, 0.15) is 0 Å². The number of ether oxygens (including phenoxy) is 2. The number of carbonyl (C=O) groups excluding carboxylic acids is 1. The molecule has 0 aromatic heterocycles. The van der Waals surface area contributed by atoms with Gasteiger partial charge in [0.05, 0.1) is 19.4 Å². The van der Waals surface area contributed by atoms with Crippen molar-refractivity contribution in [3.8, 4) is 0 Å². The number of esters is 1. The van der Waals surface area contributed by atoms with E-state index in [0.717, 1.165) is 25.7 Å². The van der Waals surface area contributed by atoms with E-state index >= 15 is 0 Å². The number of nitrogens with two attached hydrogens (primary N) is 1. The molecule has 1 aliphatic heterocycles. The second-order valence-electron chi connectivity index (χ2n) is 5.33. The van der Waals surface area contributed by atoms with Gasteiger partial charge in [-0.15, -0.1) is 0 Å². The van der Waals surface area contributed by atoms with E-state index in [1.54, 1.807) is 0 Å². The second kappa shape index (κ2) is 11.2. The van der Waals surface area contributed by atoms with Crippen molar-refractivity contribution in [1.82, 2.24) is 0 Å². The first kappa shape index (κ1) is 16.4. The Morgan fingerprint density at radius 2 is 1.63 bits per heavy atom. The van der Waals surface area contributed by atoms with E-state index in [4.69, 9.17) is 15.2 Å². The van der Waals surface area contributed by atoms with Gasteiger partial charge in [0.2, 0.25) is 0 Å². The standard InChI is InChI=1S/C15H29NO3/c16-13-19-14-9-7-5-3-1-2-4-6-8-10-15(17)18-12-11-14/h14H,1-13,16H2/t14-/m1/s1. The largest absolute Gasteiger partial charge is 0.466 e. The van der Waals surface area contributed by atoms with Crippen molar-refractivity contribution < 1.29 is 14.3 Å². The predicted octanol–water partition coefficient (Wildman–Crippen LogP) is 3.14. The fourth-order valence-corrected chi connectivity index (χ4v) is 2.53. The van der Waals surface area contributed by atoms with Gasteiger partial charge in [0, 0.05) is 12.8 Å². The minimum absolute atomic E-state index is 0.0682. The quantitative estimate of drug-likeness (QED) is 0.619. The molecule has 0 bridgehead atoms. The van der Waals surface area contributed by atoms with Crippen LogP contribution < -0.4 is 5.73 Å². The van der Waals surface area contributed by atoms with E-state index in [9.17, 15) is 4.79 Å². The molecule has 1 aliphatic rings. The summed E-state index contributed by atoms with van der Waals surface area (Å²) in [5.41, 5.74) is 5.44. The van der Waals surface area contributed by atoms with E-state index in [0.29, 0.717) is 13.0 Å². The maximum atomic E-state index is 11.5. The molecule has 0 aliphatic carbocycles. The fourth-order valence-electron chi connectivity index (χ4n) is 2.53. The van der Waals surface area contributed by atoms with Crippen LogP contribution in [-0.2, 0) is 14.3 Å². The maximum Gasteiger partial charge on any atom is 0.305 e. The van der Waals surface area contributed by atoms with Crippen LogP contribution in [0.15, 0.2) is 0 Å². The zero-order chi connectivity index (χ0) is 13.8. The summed E-state index contributed by atoms with van der Waals surface area (Å²) < 4.78 is 10.7. The molecule has 4 nitrogen and oxygen atoms in total. The van der Waals surface area contributed by atoms with Crippen LogP contribution in [0.5, 0.6) is 0 Å². The molecule has 4 heteroatoms. The molecular weight excluding hydrogens is 242 g/mol. The molecule has 19 heavy (non-hydrogen) atoms. The van der Waals surface area contributed by atoms with Crippen LogP contribution in [0.3, 0.4) is 0 Å². The first-order valence-corrected chi connectivity index (χ1v) is 7.80. The summed E-state index contributed by atoms with van der Waals surface area (Å²) in [6, 6.07) is 0. The number of hydrogen-bond donors (Lipinski definition) is 1. The first-order valence-electron chi connectivity index (χ1n) is 7.80. The van der Waals surface area contributed by atoms with E-state index in [1.165, 1.54) is 38.5 Å². The molecule has 0 spiro atoms. The number of cyclic esters (lactones) is 1. The van der Waals surface area contributed by atoms with Crippen molar-refractivity contribution >= 4 is 5.97 Å². The number of rotatable bonds is 2. The lowest BCUT2D eigenvalue weighted by Crippen LogP contribution is -2.20. The van der Waals surface area contributed by atoms with Gasteiger partial charge in [-0.05, 0) is 12.8 Å². The Bertz CT molecular complexity index is 233. The summed E-state index contributed by atoms with van der Waals surface area (Å²) in [7, 11) is 0. The van der Waals surface area contributed by atoms with Crippen molar-refractivity contribution in [2.75, 3.05) is 13.3 Å². The Kier molecular flexibility index (Phi) is 9.72. The third-order valence-corrected chi connectivity index (χ3v) is 3.69. The van der Waals surface area contributed by atoms with Gasteiger partial charge in [-0.1, -0.05) is 44.9 Å². The van der Waals surface area contributed by atoms with Crippen LogP contribution in [0.1, 0.15) is 70.6 Å². The van der Waals surface area contributed by atoms with Gasteiger partial charge in [-0.3, -0.25) is 4.79 Å². The van der Waals surface area contributed by atoms with Gasteiger partial charge in [-0.25, -0.2) is 0 Å². The Morgan fingerprint density at radius 1 is 1.00 bits per heavy atom. The molecule has 1 fully saturated rings. The molecule has 0 radical (unpaired) electrons. The summed E-state index contributed by atoms with van der Waals surface area (Å²) >= 11 is 0. The van der Waals surface area contributed by atoms with Crippen LogP contribution in [0.2, 0.25) is 0 Å². The fraction of sp³-hybridized carbons (Fsp3) is 0.933. The van der Waals surface area contributed by atoms with Crippen LogP contribution in [0.25, 0.3) is 0 Å². The van der Waals surface area contributed by atoms with Gasteiger partial charge in [0.15, 0.2) is 0 Å². The summed E-state index contributed by atoms with van der Waals surface area (Å²) in [5, 5.41) is 0. The highest BCUT2D eigenvalue weighted by atomic mass is 16.5. The predicted molar refractivity (Wildman–Crippen MR) is 75.7 cm³/mol. The normalized spacial score (nSPS) is 25.1. The third-order valence-electron chi connectivity index (χ3n) is 3.69. The zero-order valence-electron chi connectivity index (χ0n) is 12.1. The molecular formula is C15H29NO3. The smallest absolute Gasteiger partial charge is 0.305 e. The topological polar surface area (TPSA) is 61.5 Å². The Labute approximate surface area is 117 Å². The van der Waals surface area contributed by atoms with Crippen molar-refractivity contribution in [2.45, 2.75) is 76.7 Å². The summed E-state index contributed by atoms with van der Waals surface area (Å²) in [5.74, 6) is -0.0682. The van der Waals surface area contributed by atoms with Gasteiger partial charge in [0.25, 0.3) is 0 Å². The van der Waals surface area contributed by atoms with Gasteiger partial charge in [-0.2, -0.15) is 0 Å². The van der Waals surface area contributed by atoms with Crippen molar-refractivity contribution in [2.24, 2.45) is 5.73 Å². The van der Waals surface area contributed by atoms with E-state index in [1.807, 2.05) is 0 Å². The molecule has 1 rings (SSSR count). The highest BCUT2D eigenvalue weighted by molar-refractivity contribution is 5.69. The molecule has 0 aromatic rings. The van der Waals surface area contributed by atoms with Gasteiger partial charge >= 0.3 is 5.97 Å². The first-order chi connectivity index (χ1) is 9.33. The van der Waals surface area contributed by atoms with Crippen LogP contribution in [0.4, 0.5) is 0 Å². The molecule has 112 valence electrons. The van der Waals surface area contributed by atoms with Crippen molar-refractivity contribution in [3.05, 3.63) is 0 Å². The van der Waals surface area contributed by atoms with Crippen molar-refractivity contribution in [3.63, 3.8) is 0 Å². The average molecular weight is 271 g/mol. The highest BCUT2D eigenvalue weighted by Crippen LogP contribution is 2.15. The minimum Gasteiger partial charge on any atom is -0.466 e. The van der Waals surface area contributed by atoms with E-state index in [-0.39, 0.29) is 18.8 Å². The van der Waals surface area contributed by atoms with Crippen molar-refractivity contribution in [1.29, 1.82) is 0 Å². The summed E-state index contributed by atoms with van der Waals surface area (Å²) in [6.07, 6.45) is 12.2.